The van der Waals surface area contributed by atoms with Gasteiger partial charge in [0.05, 0.1) is 0 Å². The minimum Gasteiger partial charge on any atom is -0.381 e. The van der Waals surface area contributed by atoms with Crippen molar-refractivity contribution in [3.05, 3.63) is 24.0 Å². The number of rotatable bonds is 9. The van der Waals surface area contributed by atoms with Gasteiger partial charge in [0.2, 0.25) is 0 Å². The molecule has 0 aliphatic rings. The molecule has 21 heavy (non-hydrogen) atoms. The van der Waals surface area contributed by atoms with E-state index >= 15 is 0 Å². The van der Waals surface area contributed by atoms with Crippen LogP contribution in [0.15, 0.2) is 23.5 Å². The predicted molar refractivity (Wildman–Crippen MR) is 99.4 cm³/mol. The van der Waals surface area contributed by atoms with Crippen molar-refractivity contribution in [1.29, 1.82) is 0 Å². The first-order valence-electron chi connectivity index (χ1n) is 7.39. The first kappa shape index (κ1) is 20.2. The molecule has 0 aliphatic carbocycles. The number of unbranched alkanes of at least 4 members (excludes halogenated alkanes) is 1. The fourth-order valence-electron chi connectivity index (χ4n) is 1.80. The van der Waals surface area contributed by atoms with Crippen molar-refractivity contribution in [2.75, 3.05) is 26.8 Å². The number of aliphatic imine (C=N–C) groups is 1. The zero-order valence-electron chi connectivity index (χ0n) is 13.4. The molecule has 1 aromatic heterocycles. The average Bonchev–Trinajstić information content (AvgIpc) is 2.87. The smallest absolute Gasteiger partial charge is 0.191 e. The molecule has 0 aliphatic heterocycles. The Hall–Kier alpha value is -0.760. The van der Waals surface area contributed by atoms with E-state index in [1.165, 1.54) is 12.0 Å². The van der Waals surface area contributed by atoms with E-state index < -0.39 is 0 Å². The van der Waals surface area contributed by atoms with E-state index in [0.29, 0.717) is 0 Å². The Bertz CT molecular complexity index is 393. The summed E-state index contributed by atoms with van der Waals surface area (Å²) in [5.41, 5.74) is 1.25. The molecular formula is C15H29IN4O. The van der Waals surface area contributed by atoms with Gasteiger partial charge in [0, 0.05) is 52.8 Å². The highest BCUT2D eigenvalue weighted by Gasteiger charge is 1.99. The van der Waals surface area contributed by atoms with Crippen LogP contribution >= 0.6 is 24.0 Å². The van der Waals surface area contributed by atoms with Crippen molar-refractivity contribution in [3.63, 3.8) is 0 Å². The van der Waals surface area contributed by atoms with E-state index in [2.05, 4.69) is 34.8 Å². The quantitative estimate of drug-likeness (QED) is 0.286. The maximum Gasteiger partial charge on any atom is 0.191 e. The third-order valence-electron chi connectivity index (χ3n) is 2.98. The lowest BCUT2D eigenvalue weighted by Gasteiger charge is -2.11. The lowest BCUT2D eigenvalue weighted by Crippen LogP contribution is -2.37. The second-order valence-electron chi connectivity index (χ2n) is 4.86. The standard InChI is InChI=1S/C15H28N4O.HI/c1-4-5-10-20-11-6-8-17-15(16-2)18-12-14-7-9-19(3)13-14;/h7,9,13H,4-6,8,10-12H2,1-3H3,(H2,16,17,18);1H. The molecule has 0 radical (unpaired) electrons. The van der Waals surface area contributed by atoms with Gasteiger partial charge >= 0.3 is 0 Å². The molecule has 2 N–H and O–H groups in total. The Balaban J connectivity index is 0.00000400. The topological polar surface area (TPSA) is 50.6 Å². The highest BCUT2D eigenvalue weighted by molar-refractivity contribution is 14.0. The molecule has 122 valence electrons. The van der Waals surface area contributed by atoms with E-state index in [-0.39, 0.29) is 24.0 Å². The van der Waals surface area contributed by atoms with Crippen LogP contribution in [0.4, 0.5) is 0 Å². The lowest BCUT2D eigenvalue weighted by molar-refractivity contribution is 0.129. The van der Waals surface area contributed by atoms with Crippen LogP contribution in [0, 0.1) is 0 Å². The summed E-state index contributed by atoms with van der Waals surface area (Å²) in [5.74, 6) is 0.836. The van der Waals surface area contributed by atoms with Crippen molar-refractivity contribution in [2.24, 2.45) is 12.0 Å². The number of guanidine groups is 1. The third kappa shape index (κ3) is 9.73. The van der Waals surface area contributed by atoms with Gasteiger partial charge in [-0.3, -0.25) is 4.99 Å². The Morgan fingerprint density at radius 3 is 2.67 bits per heavy atom. The number of hydrogen-bond donors (Lipinski definition) is 2. The summed E-state index contributed by atoms with van der Waals surface area (Å²) >= 11 is 0. The van der Waals surface area contributed by atoms with Crippen molar-refractivity contribution in [3.8, 4) is 0 Å². The molecule has 0 aromatic carbocycles. The maximum absolute atomic E-state index is 5.52. The maximum atomic E-state index is 5.52. The van der Waals surface area contributed by atoms with Gasteiger partial charge in [0.1, 0.15) is 0 Å². The molecule has 5 nitrogen and oxygen atoms in total. The SMILES string of the molecule is CCCCOCCCNC(=NC)NCc1ccn(C)c1.I. The van der Waals surface area contributed by atoms with Crippen LogP contribution in [-0.4, -0.2) is 37.3 Å². The van der Waals surface area contributed by atoms with E-state index in [4.69, 9.17) is 4.74 Å². The van der Waals surface area contributed by atoms with Crippen LogP contribution in [0.2, 0.25) is 0 Å². The fourth-order valence-corrected chi connectivity index (χ4v) is 1.80. The average molecular weight is 408 g/mol. The van der Waals surface area contributed by atoms with Crippen LogP contribution in [0.5, 0.6) is 0 Å². The van der Waals surface area contributed by atoms with Gasteiger partial charge in [-0.05, 0) is 24.5 Å². The molecule has 0 fully saturated rings. The molecule has 0 amide bonds. The molecule has 0 saturated carbocycles. The number of ether oxygens (including phenoxy) is 1. The summed E-state index contributed by atoms with van der Waals surface area (Å²) in [6.07, 6.45) is 7.47. The Morgan fingerprint density at radius 2 is 2.05 bits per heavy atom. The molecule has 0 spiro atoms. The summed E-state index contributed by atoms with van der Waals surface area (Å²) in [5, 5.41) is 6.58. The molecular weight excluding hydrogens is 379 g/mol. The van der Waals surface area contributed by atoms with E-state index in [1.807, 2.05) is 17.8 Å². The first-order valence-corrected chi connectivity index (χ1v) is 7.39. The number of nitrogens with zero attached hydrogens (tertiary/aromatic N) is 2. The molecule has 0 unspecified atom stereocenters. The summed E-state index contributed by atoms with van der Waals surface area (Å²) in [4.78, 5) is 4.20. The van der Waals surface area contributed by atoms with E-state index in [9.17, 15) is 0 Å². The zero-order valence-corrected chi connectivity index (χ0v) is 15.7. The molecule has 1 rings (SSSR count). The van der Waals surface area contributed by atoms with Gasteiger partial charge in [-0.25, -0.2) is 0 Å². The first-order chi connectivity index (χ1) is 9.76. The molecule has 0 bridgehead atoms. The van der Waals surface area contributed by atoms with Crippen LogP contribution in [-0.2, 0) is 18.3 Å². The molecule has 0 atom stereocenters. The lowest BCUT2D eigenvalue weighted by atomic mass is 10.3. The third-order valence-corrected chi connectivity index (χ3v) is 2.98. The molecule has 6 heteroatoms. The van der Waals surface area contributed by atoms with Crippen LogP contribution in [0.1, 0.15) is 31.7 Å². The summed E-state index contributed by atoms with van der Waals surface area (Å²) in [7, 11) is 3.81. The number of hydrogen-bond acceptors (Lipinski definition) is 2. The molecule has 1 heterocycles. The zero-order chi connectivity index (χ0) is 14.6. The van der Waals surface area contributed by atoms with Gasteiger partial charge in [-0.15, -0.1) is 24.0 Å². The van der Waals surface area contributed by atoms with Gasteiger partial charge in [0.15, 0.2) is 5.96 Å². The van der Waals surface area contributed by atoms with Gasteiger partial charge in [0.25, 0.3) is 0 Å². The largest absolute Gasteiger partial charge is 0.381 e. The normalized spacial score (nSPS) is 11.1. The summed E-state index contributed by atoms with van der Waals surface area (Å²) in [6.45, 7) is 5.52. The highest BCUT2D eigenvalue weighted by atomic mass is 127. The van der Waals surface area contributed by atoms with Crippen LogP contribution in [0.3, 0.4) is 0 Å². The second kappa shape index (κ2) is 12.9. The van der Waals surface area contributed by atoms with Crippen LogP contribution in [0.25, 0.3) is 0 Å². The summed E-state index contributed by atoms with van der Waals surface area (Å²) in [6, 6.07) is 2.10. The van der Waals surface area contributed by atoms with Gasteiger partial charge < -0.3 is 19.9 Å². The van der Waals surface area contributed by atoms with Crippen molar-refractivity contribution >= 4 is 29.9 Å². The Labute approximate surface area is 145 Å². The Kier molecular flexibility index (Phi) is 12.5. The van der Waals surface area contributed by atoms with Crippen molar-refractivity contribution < 1.29 is 4.74 Å². The number of nitrogens with one attached hydrogen (secondary N) is 2. The minimum atomic E-state index is 0. The Morgan fingerprint density at radius 1 is 1.29 bits per heavy atom. The van der Waals surface area contributed by atoms with Gasteiger partial charge in [-0.2, -0.15) is 0 Å². The van der Waals surface area contributed by atoms with Crippen molar-refractivity contribution in [2.45, 2.75) is 32.7 Å². The number of aromatic nitrogens is 1. The highest BCUT2D eigenvalue weighted by Crippen LogP contribution is 1.98. The van der Waals surface area contributed by atoms with Gasteiger partial charge in [-0.1, -0.05) is 13.3 Å². The minimum absolute atomic E-state index is 0. The van der Waals surface area contributed by atoms with E-state index in [0.717, 1.165) is 45.1 Å². The summed E-state index contributed by atoms with van der Waals surface area (Å²) < 4.78 is 7.56. The number of halogens is 1. The number of aryl methyl sites for hydroxylation is 1. The molecule has 0 saturated heterocycles. The van der Waals surface area contributed by atoms with Crippen molar-refractivity contribution in [1.82, 2.24) is 15.2 Å². The van der Waals surface area contributed by atoms with E-state index in [1.54, 1.807) is 7.05 Å². The monoisotopic (exact) mass is 408 g/mol. The fraction of sp³-hybridized carbons (Fsp3) is 0.667. The predicted octanol–water partition coefficient (Wildman–Crippen LogP) is 2.51. The van der Waals surface area contributed by atoms with Crippen LogP contribution < -0.4 is 10.6 Å². The second-order valence-corrected chi connectivity index (χ2v) is 4.86. The molecule has 1 aromatic rings.